The summed E-state index contributed by atoms with van der Waals surface area (Å²) in [6.07, 6.45) is 4.66. The Morgan fingerprint density at radius 1 is 0.917 bits per heavy atom. The molecule has 1 heterocycles. The van der Waals surface area contributed by atoms with E-state index >= 15 is 0 Å². The average Bonchev–Trinajstić information content (AvgIpc) is 3.69. The number of esters is 1. The van der Waals surface area contributed by atoms with Crippen molar-refractivity contribution in [3.05, 3.63) is 90.1 Å². The van der Waals surface area contributed by atoms with Crippen LogP contribution in [0.1, 0.15) is 37.8 Å². The van der Waals surface area contributed by atoms with Gasteiger partial charge in [0, 0.05) is 23.4 Å². The van der Waals surface area contributed by atoms with Crippen LogP contribution < -0.4 is 0 Å². The maximum atomic E-state index is 12.6. The number of pyridine rings is 1. The van der Waals surface area contributed by atoms with Gasteiger partial charge in [0.05, 0.1) is 22.8 Å². The average molecular weight is 500 g/mol. The predicted molar refractivity (Wildman–Crippen MR) is 143 cm³/mol. The van der Waals surface area contributed by atoms with Crippen molar-refractivity contribution < 1.29 is 17.9 Å². The van der Waals surface area contributed by atoms with Crippen LogP contribution in [0.2, 0.25) is 0 Å². The lowest BCUT2D eigenvalue weighted by molar-refractivity contribution is -0.143. The van der Waals surface area contributed by atoms with Gasteiger partial charge in [0.2, 0.25) is 0 Å². The maximum absolute atomic E-state index is 12.6. The van der Waals surface area contributed by atoms with Gasteiger partial charge < -0.3 is 4.74 Å². The Bertz CT molecular complexity index is 1580. The minimum Gasteiger partial charge on any atom is -0.468 e. The van der Waals surface area contributed by atoms with Gasteiger partial charge >= 0.3 is 5.97 Å². The van der Waals surface area contributed by atoms with Crippen LogP contribution in [0.3, 0.4) is 0 Å². The summed E-state index contributed by atoms with van der Waals surface area (Å²) in [4.78, 5) is 16.9. The lowest BCUT2D eigenvalue weighted by Gasteiger charge is -2.24. The lowest BCUT2D eigenvalue weighted by atomic mass is 9.91. The standard InChI is InChI=1S/C30H29NO4S/c1-29(2,36(4,33)34)25-18-23-9-6-16-31-27(23)26(19-25)22-8-5-7-21(17-22)20-10-12-24(13-11-20)30(14-15-30)28(32)35-3/h5-13,16-19H,14-15H2,1-4H3. The van der Waals surface area contributed by atoms with Gasteiger partial charge in [0.1, 0.15) is 0 Å². The van der Waals surface area contributed by atoms with Crippen LogP contribution in [-0.2, 0) is 29.5 Å². The van der Waals surface area contributed by atoms with E-state index in [4.69, 9.17) is 4.74 Å². The zero-order chi connectivity index (χ0) is 25.7. The third kappa shape index (κ3) is 3.99. The number of sulfone groups is 1. The molecule has 1 saturated carbocycles. The fraction of sp³-hybridized carbons (Fsp3) is 0.267. The van der Waals surface area contributed by atoms with Crippen LogP contribution in [0, 0.1) is 0 Å². The molecule has 0 aliphatic heterocycles. The molecular formula is C30H29NO4S. The molecule has 6 heteroatoms. The van der Waals surface area contributed by atoms with Gasteiger partial charge in [-0.15, -0.1) is 0 Å². The highest BCUT2D eigenvalue weighted by Gasteiger charge is 2.52. The number of rotatable bonds is 6. The fourth-order valence-electron chi connectivity index (χ4n) is 4.75. The number of ether oxygens (including phenoxy) is 1. The molecule has 0 N–H and O–H groups in total. The van der Waals surface area contributed by atoms with Crippen LogP contribution in [0.5, 0.6) is 0 Å². The largest absolute Gasteiger partial charge is 0.468 e. The second-order valence-electron chi connectivity index (χ2n) is 10.1. The van der Waals surface area contributed by atoms with Crippen molar-refractivity contribution in [3.8, 4) is 22.3 Å². The van der Waals surface area contributed by atoms with Crippen molar-refractivity contribution >= 4 is 26.7 Å². The summed E-state index contributed by atoms with van der Waals surface area (Å²) >= 11 is 0. The van der Waals surface area contributed by atoms with E-state index in [1.54, 1.807) is 20.0 Å². The molecule has 4 aromatic rings. The Balaban J connectivity index is 1.59. The zero-order valence-electron chi connectivity index (χ0n) is 20.9. The van der Waals surface area contributed by atoms with E-state index in [9.17, 15) is 13.2 Å². The first-order valence-corrected chi connectivity index (χ1v) is 13.8. The Morgan fingerprint density at radius 3 is 2.25 bits per heavy atom. The van der Waals surface area contributed by atoms with Crippen molar-refractivity contribution in [1.29, 1.82) is 0 Å². The molecule has 0 bridgehead atoms. The minimum atomic E-state index is -3.35. The van der Waals surface area contributed by atoms with Gasteiger partial charge in [-0.1, -0.05) is 48.5 Å². The molecule has 0 unspecified atom stereocenters. The second kappa shape index (κ2) is 8.56. The molecule has 184 valence electrons. The Kier molecular flexibility index (Phi) is 5.75. The van der Waals surface area contributed by atoms with Crippen molar-refractivity contribution in [2.24, 2.45) is 0 Å². The molecular weight excluding hydrogens is 470 g/mol. The molecule has 36 heavy (non-hydrogen) atoms. The summed E-state index contributed by atoms with van der Waals surface area (Å²) in [5.74, 6) is -0.173. The third-order valence-electron chi connectivity index (χ3n) is 7.60. The van der Waals surface area contributed by atoms with E-state index in [1.165, 1.54) is 13.4 Å². The van der Waals surface area contributed by atoms with Crippen molar-refractivity contribution in [1.82, 2.24) is 4.98 Å². The third-order valence-corrected chi connectivity index (χ3v) is 9.69. The topological polar surface area (TPSA) is 73.3 Å². The Morgan fingerprint density at radius 2 is 1.61 bits per heavy atom. The zero-order valence-corrected chi connectivity index (χ0v) is 21.7. The van der Waals surface area contributed by atoms with E-state index in [-0.39, 0.29) is 5.97 Å². The molecule has 3 aromatic carbocycles. The summed E-state index contributed by atoms with van der Waals surface area (Å²) in [6.45, 7) is 3.48. The van der Waals surface area contributed by atoms with Crippen molar-refractivity contribution in [3.63, 3.8) is 0 Å². The maximum Gasteiger partial charge on any atom is 0.316 e. The van der Waals surface area contributed by atoms with Crippen molar-refractivity contribution in [2.75, 3.05) is 13.4 Å². The predicted octanol–water partition coefficient (Wildman–Crippen LogP) is 6.05. The quantitative estimate of drug-likeness (QED) is 0.302. The molecule has 1 aromatic heterocycles. The molecule has 5 rings (SSSR count). The first-order valence-electron chi connectivity index (χ1n) is 12.0. The first kappa shape index (κ1) is 24.2. The highest BCUT2D eigenvalue weighted by atomic mass is 32.2. The number of fused-ring (bicyclic) bond motifs is 1. The van der Waals surface area contributed by atoms with Gasteiger partial charge in [-0.25, -0.2) is 8.42 Å². The van der Waals surface area contributed by atoms with Gasteiger partial charge in [0.25, 0.3) is 0 Å². The van der Waals surface area contributed by atoms with Crippen LogP contribution in [0.4, 0.5) is 0 Å². The SMILES string of the molecule is COC(=O)C1(c2ccc(-c3cccc(-c4cc(C(C)(C)S(C)(=O)=O)cc5cccnc45)c3)cc2)CC1. The van der Waals surface area contributed by atoms with Crippen molar-refractivity contribution in [2.45, 2.75) is 36.9 Å². The number of nitrogens with zero attached hydrogens (tertiary/aromatic N) is 1. The van der Waals surface area contributed by atoms with Crippen LogP contribution in [0.15, 0.2) is 79.0 Å². The number of aromatic nitrogens is 1. The number of carbonyl (C=O) groups excluding carboxylic acids is 1. The van der Waals surface area contributed by atoms with Crippen LogP contribution >= 0.6 is 0 Å². The highest BCUT2D eigenvalue weighted by molar-refractivity contribution is 7.91. The van der Waals surface area contributed by atoms with Gasteiger partial charge in [-0.2, -0.15) is 0 Å². The summed E-state index contributed by atoms with van der Waals surface area (Å²) in [5.41, 5.74) is 5.96. The smallest absolute Gasteiger partial charge is 0.316 e. The molecule has 1 fully saturated rings. The minimum absolute atomic E-state index is 0.173. The monoisotopic (exact) mass is 499 g/mol. The van der Waals surface area contributed by atoms with E-state index in [0.717, 1.165) is 57.1 Å². The molecule has 0 spiro atoms. The van der Waals surface area contributed by atoms with E-state index in [0.29, 0.717) is 0 Å². The van der Waals surface area contributed by atoms with E-state index in [2.05, 4.69) is 11.1 Å². The highest BCUT2D eigenvalue weighted by Crippen LogP contribution is 2.49. The lowest BCUT2D eigenvalue weighted by Crippen LogP contribution is -2.28. The van der Waals surface area contributed by atoms with Gasteiger partial charge in [0.15, 0.2) is 9.84 Å². The Labute approximate surface area is 212 Å². The molecule has 0 radical (unpaired) electrons. The molecule has 0 atom stereocenters. The van der Waals surface area contributed by atoms with E-state index in [1.807, 2.05) is 66.7 Å². The summed E-state index contributed by atoms with van der Waals surface area (Å²) < 4.78 is 29.2. The number of hydrogen-bond donors (Lipinski definition) is 0. The second-order valence-corrected chi connectivity index (χ2v) is 12.7. The van der Waals surface area contributed by atoms with Gasteiger partial charge in [-0.05, 0) is 78.8 Å². The molecule has 0 saturated heterocycles. The Hall–Kier alpha value is -3.51. The van der Waals surface area contributed by atoms with E-state index < -0.39 is 20.0 Å². The van der Waals surface area contributed by atoms with Gasteiger partial charge in [-0.3, -0.25) is 9.78 Å². The summed E-state index contributed by atoms with van der Waals surface area (Å²) in [5, 5.41) is 0.897. The molecule has 0 amide bonds. The summed E-state index contributed by atoms with van der Waals surface area (Å²) in [7, 11) is -1.91. The number of hydrogen-bond acceptors (Lipinski definition) is 5. The summed E-state index contributed by atoms with van der Waals surface area (Å²) in [6, 6.07) is 24.0. The van der Waals surface area contributed by atoms with Crippen LogP contribution in [0.25, 0.3) is 33.2 Å². The normalized spacial score (nSPS) is 15.0. The number of carbonyl (C=O) groups is 1. The fourth-order valence-corrected chi connectivity index (χ4v) is 5.30. The number of benzene rings is 3. The van der Waals surface area contributed by atoms with Crippen LogP contribution in [-0.4, -0.2) is 32.7 Å². The molecule has 1 aliphatic carbocycles. The number of methoxy groups -OCH3 is 1. The molecule has 5 nitrogen and oxygen atoms in total. The first-order chi connectivity index (χ1) is 17.1. The molecule has 1 aliphatic rings.